The molecular formula is C15H8Cl5F3N2O. The summed E-state index contributed by atoms with van der Waals surface area (Å²) in [7, 11) is 0. The smallest absolute Gasteiger partial charge is 0.417 e. The van der Waals surface area contributed by atoms with Crippen molar-refractivity contribution >= 4 is 69.5 Å². The van der Waals surface area contributed by atoms with E-state index in [2.05, 4.69) is 10.3 Å². The number of aromatic nitrogens is 1. The number of pyridine rings is 1. The molecule has 26 heavy (non-hydrogen) atoms. The SMILES string of the molecule is FC(F)(F)c1cnc(Nc2cc(Cl)c(OCC=C(Cl)Cl)cc2Cl)c(Cl)c1. The van der Waals surface area contributed by atoms with E-state index in [0.29, 0.717) is 6.20 Å². The Hall–Kier alpha value is -1.05. The van der Waals surface area contributed by atoms with E-state index in [1.54, 1.807) is 0 Å². The van der Waals surface area contributed by atoms with Crippen LogP contribution in [-0.4, -0.2) is 11.6 Å². The Bertz CT molecular complexity index is 839. The Balaban J connectivity index is 2.22. The molecule has 3 nitrogen and oxygen atoms in total. The third kappa shape index (κ3) is 5.72. The fourth-order valence-electron chi connectivity index (χ4n) is 1.74. The topological polar surface area (TPSA) is 34.2 Å². The lowest BCUT2D eigenvalue weighted by molar-refractivity contribution is -0.137. The number of nitrogens with zero attached hydrogens (tertiary/aromatic N) is 1. The van der Waals surface area contributed by atoms with E-state index in [-0.39, 0.29) is 43.4 Å². The first-order valence-electron chi connectivity index (χ1n) is 6.70. The summed E-state index contributed by atoms with van der Waals surface area (Å²) in [5, 5.41) is 2.87. The normalized spacial score (nSPS) is 11.2. The number of hydrogen-bond acceptors (Lipinski definition) is 3. The predicted molar refractivity (Wildman–Crippen MR) is 99.3 cm³/mol. The highest BCUT2D eigenvalue weighted by atomic mass is 35.5. The molecule has 1 aromatic heterocycles. The summed E-state index contributed by atoms with van der Waals surface area (Å²) in [5.41, 5.74) is -0.684. The lowest BCUT2D eigenvalue weighted by Gasteiger charge is -2.14. The molecule has 140 valence electrons. The zero-order valence-electron chi connectivity index (χ0n) is 12.5. The Morgan fingerprint density at radius 1 is 1.08 bits per heavy atom. The maximum atomic E-state index is 12.6. The molecule has 0 atom stereocenters. The summed E-state index contributed by atoms with van der Waals surface area (Å²) in [6, 6.07) is 3.59. The first-order valence-corrected chi connectivity index (χ1v) is 8.59. The molecule has 0 saturated heterocycles. The molecular weight excluding hydrogens is 458 g/mol. The molecule has 2 aromatic rings. The van der Waals surface area contributed by atoms with E-state index in [1.807, 2.05) is 0 Å². The van der Waals surface area contributed by atoms with Crippen molar-refractivity contribution in [2.24, 2.45) is 0 Å². The molecule has 11 heteroatoms. The van der Waals surface area contributed by atoms with E-state index in [9.17, 15) is 13.2 Å². The maximum absolute atomic E-state index is 12.6. The van der Waals surface area contributed by atoms with Gasteiger partial charge in [0.2, 0.25) is 0 Å². The minimum absolute atomic E-state index is 0.0110. The molecule has 0 unspecified atom stereocenters. The average Bonchev–Trinajstić information content (AvgIpc) is 2.52. The number of hydrogen-bond donors (Lipinski definition) is 1. The van der Waals surface area contributed by atoms with Crippen molar-refractivity contribution in [1.29, 1.82) is 0 Å². The summed E-state index contributed by atoms with van der Waals surface area (Å²) in [5.74, 6) is 0.252. The number of ether oxygens (including phenoxy) is 1. The van der Waals surface area contributed by atoms with E-state index in [1.165, 1.54) is 18.2 Å². The van der Waals surface area contributed by atoms with Crippen LogP contribution < -0.4 is 10.1 Å². The Morgan fingerprint density at radius 2 is 1.77 bits per heavy atom. The van der Waals surface area contributed by atoms with Gasteiger partial charge in [0.05, 0.1) is 26.3 Å². The van der Waals surface area contributed by atoms with Gasteiger partial charge in [0, 0.05) is 12.3 Å². The Kier molecular flexibility index (Phi) is 7.16. The van der Waals surface area contributed by atoms with Crippen molar-refractivity contribution in [2.75, 3.05) is 11.9 Å². The molecule has 0 aliphatic rings. The summed E-state index contributed by atoms with van der Waals surface area (Å²) < 4.78 is 43.3. The van der Waals surface area contributed by atoms with Crippen LogP contribution in [0.2, 0.25) is 15.1 Å². The summed E-state index contributed by atoms with van der Waals surface area (Å²) in [4.78, 5) is 3.67. The predicted octanol–water partition coefficient (Wildman–Crippen LogP) is 7.50. The molecule has 0 amide bonds. The molecule has 0 spiro atoms. The van der Waals surface area contributed by atoms with Gasteiger partial charge in [-0.05, 0) is 18.2 Å². The second kappa shape index (κ2) is 8.76. The number of alkyl halides is 3. The average molecular weight is 467 g/mol. The Morgan fingerprint density at radius 3 is 2.35 bits per heavy atom. The number of halogens is 8. The second-order valence-corrected chi connectivity index (χ2v) is 6.97. The van der Waals surface area contributed by atoms with Crippen LogP contribution in [0.3, 0.4) is 0 Å². The zero-order valence-corrected chi connectivity index (χ0v) is 16.3. The van der Waals surface area contributed by atoms with Gasteiger partial charge in [-0.3, -0.25) is 0 Å². The van der Waals surface area contributed by atoms with Crippen LogP contribution in [0.15, 0.2) is 35.0 Å². The largest absolute Gasteiger partial charge is 0.488 e. The van der Waals surface area contributed by atoms with Crippen LogP contribution in [-0.2, 0) is 6.18 Å². The van der Waals surface area contributed by atoms with Crippen molar-refractivity contribution < 1.29 is 17.9 Å². The van der Waals surface area contributed by atoms with Crippen molar-refractivity contribution in [2.45, 2.75) is 6.18 Å². The highest BCUT2D eigenvalue weighted by molar-refractivity contribution is 6.55. The lowest BCUT2D eigenvalue weighted by atomic mass is 10.2. The fourth-order valence-corrected chi connectivity index (χ4v) is 2.50. The van der Waals surface area contributed by atoms with Crippen LogP contribution in [0.1, 0.15) is 5.56 Å². The van der Waals surface area contributed by atoms with Crippen LogP contribution in [0, 0.1) is 0 Å². The second-order valence-electron chi connectivity index (χ2n) is 4.74. The summed E-state index contributed by atoms with van der Waals surface area (Å²) in [6.07, 6.45) is -2.48. The van der Waals surface area contributed by atoms with Gasteiger partial charge in [0.15, 0.2) is 0 Å². The highest BCUT2D eigenvalue weighted by Crippen LogP contribution is 2.38. The third-order valence-electron chi connectivity index (χ3n) is 2.92. The number of nitrogens with one attached hydrogen (secondary N) is 1. The standard InChI is InChI=1S/C15H8Cl5F3N2O/c16-8-5-12(26-2-1-13(19)20)9(17)4-11(8)25-14-10(18)3-7(6-24-14)15(21,22)23/h1,3-6H,2H2,(H,24,25). The molecule has 0 fully saturated rings. The first kappa shape index (κ1) is 21.3. The van der Waals surface area contributed by atoms with Crippen molar-refractivity contribution in [3.05, 3.63) is 55.6 Å². The van der Waals surface area contributed by atoms with Gasteiger partial charge in [-0.1, -0.05) is 58.0 Å². The third-order valence-corrected chi connectivity index (χ3v) is 4.12. The quantitative estimate of drug-likeness (QED) is 0.495. The molecule has 0 bridgehead atoms. The van der Waals surface area contributed by atoms with E-state index >= 15 is 0 Å². The van der Waals surface area contributed by atoms with Gasteiger partial charge >= 0.3 is 6.18 Å². The van der Waals surface area contributed by atoms with Crippen LogP contribution in [0.25, 0.3) is 0 Å². The van der Waals surface area contributed by atoms with E-state index in [4.69, 9.17) is 62.7 Å². The van der Waals surface area contributed by atoms with Gasteiger partial charge in [-0.15, -0.1) is 0 Å². The number of rotatable bonds is 5. The van der Waals surface area contributed by atoms with Crippen molar-refractivity contribution in [3.63, 3.8) is 0 Å². The van der Waals surface area contributed by atoms with Gasteiger partial charge in [0.1, 0.15) is 22.7 Å². The monoisotopic (exact) mass is 464 g/mol. The maximum Gasteiger partial charge on any atom is 0.417 e. The zero-order chi connectivity index (χ0) is 19.5. The molecule has 0 aliphatic carbocycles. The van der Waals surface area contributed by atoms with Gasteiger partial charge < -0.3 is 10.1 Å². The van der Waals surface area contributed by atoms with E-state index < -0.39 is 11.7 Å². The van der Waals surface area contributed by atoms with E-state index in [0.717, 1.165) is 6.07 Å². The minimum Gasteiger partial charge on any atom is -0.488 e. The molecule has 0 saturated carbocycles. The molecule has 0 aliphatic heterocycles. The highest BCUT2D eigenvalue weighted by Gasteiger charge is 2.31. The molecule has 1 N–H and O–H groups in total. The number of benzene rings is 1. The van der Waals surface area contributed by atoms with Gasteiger partial charge in [0.25, 0.3) is 0 Å². The fraction of sp³-hybridized carbons (Fsp3) is 0.133. The van der Waals surface area contributed by atoms with Crippen LogP contribution in [0.4, 0.5) is 24.7 Å². The molecule has 0 radical (unpaired) electrons. The minimum atomic E-state index is -4.55. The van der Waals surface area contributed by atoms with Crippen LogP contribution >= 0.6 is 58.0 Å². The van der Waals surface area contributed by atoms with Gasteiger partial charge in [-0.2, -0.15) is 13.2 Å². The summed E-state index contributed by atoms with van der Waals surface area (Å²) >= 11 is 29.0. The van der Waals surface area contributed by atoms with Gasteiger partial charge in [-0.25, -0.2) is 4.98 Å². The lowest BCUT2D eigenvalue weighted by Crippen LogP contribution is -2.06. The van der Waals surface area contributed by atoms with Crippen molar-refractivity contribution in [3.8, 4) is 5.75 Å². The number of anilines is 2. The summed E-state index contributed by atoms with van der Waals surface area (Å²) in [6.45, 7) is 0.0669. The Labute approximate surface area is 171 Å². The molecule has 1 heterocycles. The van der Waals surface area contributed by atoms with Crippen molar-refractivity contribution in [1.82, 2.24) is 4.98 Å². The van der Waals surface area contributed by atoms with Crippen LogP contribution in [0.5, 0.6) is 5.75 Å². The molecule has 2 rings (SSSR count). The molecule has 1 aromatic carbocycles. The first-order chi connectivity index (χ1) is 12.1.